The van der Waals surface area contributed by atoms with Crippen LogP contribution in [-0.2, 0) is 0 Å². The topological polar surface area (TPSA) is 65.3 Å². The van der Waals surface area contributed by atoms with E-state index >= 15 is 0 Å². The molecule has 0 atom stereocenters. The lowest BCUT2D eigenvalue weighted by atomic mass is 10.3. The summed E-state index contributed by atoms with van der Waals surface area (Å²) in [6.07, 6.45) is -8.76. The molecule has 0 unspecified atom stereocenters. The van der Waals surface area contributed by atoms with Gasteiger partial charge in [-0.2, -0.15) is 0 Å². The first-order valence-electron chi connectivity index (χ1n) is 4.00. The van der Waals surface area contributed by atoms with Gasteiger partial charge in [0.25, 0.3) is 6.43 Å². The normalized spacial score (nSPS) is 11.7. The number of nitro groups is 1. The fourth-order valence-corrected chi connectivity index (χ4v) is 1.57. The average molecular weight is 384 g/mol. The van der Waals surface area contributed by atoms with E-state index in [1.54, 1.807) is 0 Å². The Bertz CT molecular complexity index is 479. The van der Waals surface area contributed by atoms with Gasteiger partial charge in [-0.05, 0) is 22.6 Å². The maximum absolute atomic E-state index is 12.5. The molecular formula is C7H2F5IN2O3. The number of pyridine rings is 1. The number of hydrogen-bond donors (Lipinski definition) is 0. The second kappa shape index (κ2) is 5.16. The number of alkyl halides is 5. The minimum absolute atomic E-state index is 0.246. The molecule has 0 bridgehead atoms. The highest BCUT2D eigenvalue weighted by molar-refractivity contribution is 14.1. The molecule has 100 valence electrons. The lowest BCUT2D eigenvalue weighted by Gasteiger charge is -2.12. The Hall–Kier alpha value is -1.27. The number of aromatic nitrogens is 1. The Morgan fingerprint density at radius 1 is 1.44 bits per heavy atom. The van der Waals surface area contributed by atoms with Gasteiger partial charge < -0.3 is 4.74 Å². The summed E-state index contributed by atoms with van der Waals surface area (Å²) < 4.78 is 64.0. The number of halogens is 6. The fraction of sp³-hybridized carbons (Fsp3) is 0.286. The van der Waals surface area contributed by atoms with Crippen LogP contribution < -0.4 is 4.74 Å². The number of hydrogen-bond acceptors (Lipinski definition) is 4. The maximum Gasteiger partial charge on any atom is 0.573 e. The van der Waals surface area contributed by atoms with Crippen molar-refractivity contribution in [2.75, 3.05) is 0 Å². The molecule has 0 aliphatic heterocycles. The van der Waals surface area contributed by atoms with E-state index in [1.165, 1.54) is 22.6 Å². The summed E-state index contributed by atoms with van der Waals surface area (Å²) in [6, 6.07) is 0.605. The van der Waals surface area contributed by atoms with Gasteiger partial charge in [0.05, 0.1) is 11.0 Å². The molecule has 18 heavy (non-hydrogen) atoms. The number of ether oxygens (including phenoxy) is 1. The molecule has 1 heterocycles. The highest BCUT2D eigenvalue weighted by atomic mass is 127. The van der Waals surface area contributed by atoms with Crippen LogP contribution in [-0.4, -0.2) is 16.3 Å². The van der Waals surface area contributed by atoms with Gasteiger partial charge in [-0.1, -0.05) is 0 Å². The van der Waals surface area contributed by atoms with Crippen LogP contribution in [0.2, 0.25) is 0 Å². The third-order valence-electron chi connectivity index (χ3n) is 1.57. The van der Waals surface area contributed by atoms with Crippen LogP contribution in [0.5, 0.6) is 5.75 Å². The molecule has 0 amide bonds. The molecule has 0 saturated carbocycles. The number of rotatable bonds is 3. The van der Waals surface area contributed by atoms with Crippen LogP contribution in [0, 0.1) is 13.8 Å². The predicted molar refractivity (Wildman–Crippen MR) is 55.2 cm³/mol. The van der Waals surface area contributed by atoms with Crippen LogP contribution in [0.1, 0.15) is 12.1 Å². The van der Waals surface area contributed by atoms with E-state index < -0.39 is 34.8 Å². The Morgan fingerprint density at radius 2 is 2.00 bits per heavy atom. The third kappa shape index (κ3) is 3.61. The molecule has 0 fully saturated rings. The van der Waals surface area contributed by atoms with Gasteiger partial charge >= 0.3 is 12.0 Å². The summed E-state index contributed by atoms with van der Waals surface area (Å²) in [6.45, 7) is 0. The molecule has 1 rings (SSSR count). The zero-order chi connectivity index (χ0) is 14.1. The van der Waals surface area contributed by atoms with E-state index in [1.807, 2.05) is 0 Å². The van der Waals surface area contributed by atoms with Crippen molar-refractivity contribution in [3.8, 4) is 5.75 Å². The summed E-state index contributed by atoms with van der Waals surface area (Å²) in [5, 5.41) is 10.5. The molecule has 1 aromatic rings. The third-order valence-corrected chi connectivity index (χ3v) is 2.12. The van der Waals surface area contributed by atoms with Crippen molar-refractivity contribution >= 4 is 28.3 Å². The van der Waals surface area contributed by atoms with E-state index in [0.717, 1.165) is 0 Å². The van der Waals surface area contributed by atoms with Gasteiger partial charge in [0.2, 0.25) is 5.75 Å². The maximum atomic E-state index is 12.5. The quantitative estimate of drug-likeness (QED) is 0.263. The van der Waals surface area contributed by atoms with Crippen LogP contribution in [0.15, 0.2) is 6.07 Å². The van der Waals surface area contributed by atoms with Crippen molar-refractivity contribution < 1.29 is 31.6 Å². The van der Waals surface area contributed by atoms with Gasteiger partial charge in [-0.15, -0.1) is 13.2 Å². The summed E-state index contributed by atoms with van der Waals surface area (Å²) in [5.74, 6) is -1.59. The summed E-state index contributed by atoms with van der Waals surface area (Å²) in [7, 11) is 0. The van der Waals surface area contributed by atoms with E-state index in [-0.39, 0.29) is 3.70 Å². The molecule has 0 saturated heterocycles. The van der Waals surface area contributed by atoms with Crippen molar-refractivity contribution in [3.63, 3.8) is 0 Å². The molecule has 0 aromatic carbocycles. The first kappa shape index (κ1) is 14.8. The molecule has 5 nitrogen and oxygen atoms in total. The Morgan fingerprint density at radius 3 is 2.39 bits per heavy atom. The van der Waals surface area contributed by atoms with Gasteiger partial charge in [0.15, 0.2) is 5.69 Å². The molecule has 0 spiro atoms. The van der Waals surface area contributed by atoms with Crippen molar-refractivity contribution in [2.24, 2.45) is 0 Å². The van der Waals surface area contributed by atoms with Crippen molar-refractivity contribution in [1.29, 1.82) is 0 Å². The van der Waals surface area contributed by atoms with Crippen molar-refractivity contribution in [2.45, 2.75) is 12.8 Å². The molecular weight excluding hydrogens is 382 g/mol. The second-order valence-corrected chi connectivity index (χ2v) is 3.89. The largest absolute Gasteiger partial charge is 0.573 e. The first-order valence-corrected chi connectivity index (χ1v) is 5.08. The van der Waals surface area contributed by atoms with E-state index in [2.05, 4.69) is 9.72 Å². The van der Waals surface area contributed by atoms with E-state index in [4.69, 9.17) is 0 Å². The van der Waals surface area contributed by atoms with Crippen LogP contribution >= 0.6 is 22.6 Å². The summed E-state index contributed by atoms with van der Waals surface area (Å²) in [4.78, 5) is 12.4. The highest BCUT2D eigenvalue weighted by Gasteiger charge is 2.38. The molecule has 1 aromatic heterocycles. The van der Waals surface area contributed by atoms with Gasteiger partial charge in [0, 0.05) is 0 Å². The Labute approximate surface area is 109 Å². The summed E-state index contributed by atoms with van der Waals surface area (Å²) in [5.41, 5.74) is -2.65. The van der Waals surface area contributed by atoms with Crippen LogP contribution in [0.25, 0.3) is 0 Å². The van der Waals surface area contributed by atoms with Gasteiger partial charge in [0.1, 0.15) is 3.70 Å². The first-order chi connectivity index (χ1) is 8.11. The zero-order valence-corrected chi connectivity index (χ0v) is 10.2. The zero-order valence-electron chi connectivity index (χ0n) is 8.04. The van der Waals surface area contributed by atoms with Crippen molar-refractivity contribution in [1.82, 2.24) is 4.98 Å². The molecule has 11 heteroatoms. The smallest absolute Gasteiger partial charge is 0.396 e. The Kier molecular flexibility index (Phi) is 4.24. The highest BCUT2D eigenvalue weighted by Crippen LogP contribution is 2.39. The van der Waals surface area contributed by atoms with E-state index in [0.29, 0.717) is 6.07 Å². The van der Waals surface area contributed by atoms with Crippen LogP contribution in [0.3, 0.4) is 0 Å². The van der Waals surface area contributed by atoms with Gasteiger partial charge in [-0.25, -0.2) is 13.8 Å². The predicted octanol–water partition coefficient (Wildman–Crippen LogP) is 3.43. The fourth-order valence-electron chi connectivity index (χ4n) is 1.01. The molecule has 0 aliphatic carbocycles. The number of nitrogens with zero attached hydrogens (tertiary/aromatic N) is 2. The monoisotopic (exact) mass is 384 g/mol. The average Bonchev–Trinajstić information content (AvgIpc) is 2.17. The van der Waals surface area contributed by atoms with Gasteiger partial charge in [-0.3, -0.25) is 10.1 Å². The molecule has 0 radical (unpaired) electrons. The lowest BCUT2D eigenvalue weighted by molar-refractivity contribution is -0.389. The minimum atomic E-state index is -5.33. The lowest BCUT2D eigenvalue weighted by Crippen LogP contribution is -2.20. The Balaban J connectivity index is 3.46. The van der Waals surface area contributed by atoms with Crippen molar-refractivity contribution in [3.05, 3.63) is 25.6 Å². The SMILES string of the molecule is O=[N+]([O-])c1cc(I)nc(C(F)F)c1OC(F)(F)F. The molecule has 0 N–H and O–H groups in total. The molecule has 0 aliphatic rings. The second-order valence-electron chi connectivity index (χ2n) is 2.78. The summed E-state index contributed by atoms with van der Waals surface area (Å²) >= 11 is 1.37. The standard InChI is InChI=1S/C7H2F5IN2O3/c8-6(9)4-5(18-7(10,11)12)2(15(16)17)1-3(13)14-4/h1,6H. The minimum Gasteiger partial charge on any atom is -0.396 e. The van der Waals surface area contributed by atoms with E-state index in [9.17, 15) is 32.1 Å². The van der Waals surface area contributed by atoms with Crippen LogP contribution in [0.4, 0.5) is 27.6 Å².